The van der Waals surface area contributed by atoms with Gasteiger partial charge in [-0.15, -0.1) is 0 Å². The number of nitriles is 1. The molecule has 170 valence electrons. The molecule has 0 amide bonds. The van der Waals surface area contributed by atoms with Gasteiger partial charge >= 0.3 is 0 Å². The van der Waals surface area contributed by atoms with E-state index in [1.165, 1.54) is 18.3 Å². The van der Waals surface area contributed by atoms with Crippen LogP contribution in [0.2, 0.25) is 0 Å². The van der Waals surface area contributed by atoms with Crippen LogP contribution in [0.1, 0.15) is 24.0 Å². The first-order valence-electron chi connectivity index (χ1n) is 10.4. The van der Waals surface area contributed by atoms with Crippen molar-refractivity contribution < 1.29 is 13.2 Å². The van der Waals surface area contributed by atoms with Crippen molar-refractivity contribution in [2.75, 3.05) is 23.8 Å². The second kappa shape index (κ2) is 10.4. The molecule has 0 spiro atoms. The van der Waals surface area contributed by atoms with E-state index >= 15 is 0 Å². The number of benzene rings is 1. The average molecular weight is 466 g/mol. The van der Waals surface area contributed by atoms with E-state index in [1.54, 1.807) is 24.5 Å². The number of nitrogens with zero attached hydrogens (tertiary/aromatic N) is 4. The maximum absolute atomic E-state index is 12.5. The van der Waals surface area contributed by atoms with Crippen molar-refractivity contribution in [1.82, 2.24) is 19.7 Å². The van der Waals surface area contributed by atoms with Crippen LogP contribution in [0.15, 0.2) is 59.9 Å². The standard InChI is InChI=1S/C22H23N7O3S/c23-11-17-14-26-22(29-21(17)25-13-16-3-1-9-24-12-16)28-18-5-7-20(8-6-18)33(30,31)27-15-19-4-2-10-32-19/h1,3,5-9,12,14,19,27H,2,4,10,13,15H2,(H2,25,26,28,29). The van der Waals surface area contributed by atoms with Gasteiger partial charge in [-0.3, -0.25) is 4.98 Å². The van der Waals surface area contributed by atoms with Crippen LogP contribution in [-0.4, -0.2) is 42.6 Å². The molecular formula is C22H23N7O3S. The zero-order chi connectivity index (χ0) is 23.1. The molecule has 1 unspecified atom stereocenters. The van der Waals surface area contributed by atoms with Gasteiger partial charge in [-0.05, 0) is 48.7 Å². The molecule has 10 nitrogen and oxygen atoms in total. The Morgan fingerprint density at radius 2 is 2.03 bits per heavy atom. The predicted octanol–water partition coefficient (Wildman–Crippen LogP) is 2.56. The molecule has 0 saturated carbocycles. The number of pyridine rings is 1. The van der Waals surface area contributed by atoms with Gasteiger partial charge in [0.15, 0.2) is 0 Å². The lowest BCUT2D eigenvalue weighted by atomic mass is 10.2. The number of aromatic nitrogens is 3. The lowest BCUT2D eigenvalue weighted by Gasteiger charge is -2.12. The molecule has 0 aliphatic carbocycles. The lowest BCUT2D eigenvalue weighted by Crippen LogP contribution is -2.31. The zero-order valence-electron chi connectivity index (χ0n) is 17.7. The highest BCUT2D eigenvalue weighted by Gasteiger charge is 2.20. The van der Waals surface area contributed by atoms with E-state index in [2.05, 4.69) is 36.4 Å². The van der Waals surface area contributed by atoms with Gasteiger partial charge in [0.2, 0.25) is 16.0 Å². The SMILES string of the molecule is N#Cc1cnc(Nc2ccc(S(=O)(=O)NCC3CCCO3)cc2)nc1NCc1cccnc1. The summed E-state index contributed by atoms with van der Waals surface area (Å²) in [7, 11) is -3.63. The average Bonchev–Trinajstić information content (AvgIpc) is 3.37. The summed E-state index contributed by atoms with van der Waals surface area (Å²) in [6.07, 6.45) is 6.57. The zero-order valence-corrected chi connectivity index (χ0v) is 18.5. The van der Waals surface area contributed by atoms with Gasteiger partial charge in [0.05, 0.1) is 17.2 Å². The van der Waals surface area contributed by atoms with E-state index in [0.717, 1.165) is 18.4 Å². The maximum atomic E-state index is 12.5. The van der Waals surface area contributed by atoms with Crippen molar-refractivity contribution in [1.29, 1.82) is 5.26 Å². The Labute approximate surface area is 192 Å². The van der Waals surface area contributed by atoms with Crippen molar-refractivity contribution in [2.24, 2.45) is 0 Å². The van der Waals surface area contributed by atoms with Crippen molar-refractivity contribution in [3.63, 3.8) is 0 Å². The second-order valence-electron chi connectivity index (χ2n) is 7.42. The Balaban J connectivity index is 1.41. The Bertz CT molecular complexity index is 1220. The topological polar surface area (TPSA) is 142 Å². The molecule has 2 aromatic heterocycles. The molecule has 33 heavy (non-hydrogen) atoms. The fourth-order valence-electron chi connectivity index (χ4n) is 3.28. The molecule has 3 heterocycles. The number of ether oxygens (including phenoxy) is 1. The summed E-state index contributed by atoms with van der Waals surface area (Å²) in [5, 5.41) is 15.5. The number of sulfonamides is 1. The van der Waals surface area contributed by atoms with Gasteiger partial charge in [-0.25, -0.2) is 18.1 Å². The number of rotatable bonds is 9. The first kappa shape index (κ1) is 22.6. The summed E-state index contributed by atoms with van der Waals surface area (Å²) in [5.41, 5.74) is 1.86. The van der Waals surface area contributed by atoms with Crippen LogP contribution >= 0.6 is 0 Å². The Kier molecular flexibility index (Phi) is 7.09. The van der Waals surface area contributed by atoms with Crippen molar-refractivity contribution in [3.8, 4) is 6.07 Å². The van der Waals surface area contributed by atoms with Gasteiger partial charge < -0.3 is 15.4 Å². The number of anilines is 3. The first-order valence-corrected chi connectivity index (χ1v) is 11.9. The van der Waals surface area contributed by atoms with Gasteiger partial charge in [-0.1, -0.05) is 6.07 Å². The summed E-state index contributed by atoms with van der Waals surface area (Å²) in [4.78, 5) is 12.8. The van der Waals surface area contributed by atoms with Crippen LogP contribution in [0.5, 0.6) is 0 Å². The second-order valence-corrected chi connectivity index (χ2v) is 9.19. The van der Waals surface area contributed by atoms with Crippen molar-refractivity contribution >= 4 is 27.5 Å². The van der Waals surface area contributed by atoms with E-state index in [9.17, 15) is 13.7 Å². The third-order valence-electron chi connectivity index (χ3n) is 5.04. The summed E-state index contributed by atoms with van der Waals surface area (Å²) >= 11 is 0. The smallest absolute Gasteiger partial charge is 0.240 e. The number of nitrogens with one attached hydrogen (secondary N) is 3. The summed E-state index contributed by atoms with van der Waals surface area (Å²) < 4.78 is 33.1. The van der Waals surface area contributed by atoms with E-state index in [-0.39, 0.29) is 23.5 Å². The Hall–Kier alpha value is -3.59. The van der Waals surface area contributed by atoms with E-state index < -0.39 is 10.0 Å². The third kappa shape index (κ3) is 6.01. The lowest BCUT2D eigenvalue weighted by molar-refractivity contribution is 0.114. The molecular weight excluding hydrogens is 442 g/mol. The van der Waals surface area contributed by atoms with Crippen LogP contribution < -0.4 is 15.4 Å². The quantitative estimate of drug-likeness (QED) is 0.434. The highest BCUT2D eigenvalue weighted by molar-refractivity contribution is 7.89. The van der Waals surface area contributed by atoms with Gasteiger partial charge in [0, 0.05) is 37.8 Å². The number of hydrogen-bond acceptors (Lipinski definition) is 9. The maximum Gasteiger partial charge on any atom is 0.240 e. The summed E-state index contributed by atoms with van der Waals surface area (Å²) in [5.74, 6) is 0.659. The fraction of sp³-hybridized carbons (Fsp3) is 0.273. The molecule has 0 radical (unpaired) electrons. The van der Waals surface area contributed by atoms with Crippen molar-refractivity contribution in [2.45, 2.75) is 30.4 Å². The van der Waals surface area contributed by atoms with E-state index in [1.807, 2.05) is 12.1 Å². The van der Waals surface area contributed by atoms with Crippen molar-refractivity contribution in [3.05, 3.63) is 66.1 Å². The predicted molar refractivity (Wildman–Crippen MR) is 122 cm³/mol. The molecule has 0 bridgehead atoms. The molecule has 4 rings (SSSR count). The third-order valence-corrected chi connectivity index (χ3v) is 6.48. The molecule has 11 heteroatoms. The minimum absolute atomic E-state index is 0.0739. The molecule has 1 aromatic carbocycles. The van der Waals surface area contributed by atoms with E-state index in [0.29, 0.717) is 30.2 Å². The van der Waals surface area contributed by atoms with Gasteiger partial charge in [0.25, 0.3) is 0 Å². The minimum Gasteiger partial charge on any atom is -0.377 e. The normalized spacial score (nSPS) is 15.7. The van der Waals surface area contributed by atoms with Gasteiger partial charge in [0.1, 0.15) is 17.5 Å². The molecule has 1 aliphatic rings. The molecule has 1 saturated heterocycles. The van der Waals surface area contributed by atoms with Crippen LogP contribution in [0.25, 0.3) is 0 Å². The Morgan fingerprint density at radius 3 is 2.73 bits per heavy atom. The molecule has 1 aliphatic heterocycles. The number of hydrogen-bond donors (Lipinski definition) is 3. The van der Waals surface area contributed by atoms with Crippen LogP contribution in [0.4, 0.5) is 17.5 Å². The monoisotopic (exact) mass is 465 g/mol. The van der Waals surface area contributed by atoms with Crippen LogP contribution in [0.3, 0.4) is 0 Å². The van der Waals surface area contributed by atoms with Crippen LogP contribution in [-0.2, 0) is 21.3 Å². The first-order chi connectivity index (χ1) is 16.0. The van der Waals surface area contributed by atoms with Gasteiger partial charge in [-0.2, -0.15) is 10.2 Å². The minimum atomic E-state index is -3.63. The fourth-order valence-corrected chi connectivity index (χ4v) is 4.35. The van der Waals surface area contributed by atoms with E-state index in [4.69, 9.17) is 4.74 Å². The molecule has 3 aromatic rings. The highest BCUT2D eigenvalue weighted by atomic mass is 32.2. The largest absolute Gasteiger partial charge is 0.377 e. The summed E-state index contributed by atoms with van der Waals surface area (Å²) in [6, 6.07) is 12.1. The molecule has 3 N–H and O–H groups in total. The molecule has 1 fully saturated rings. The highest BCUT2D eigenvalue weighted by Crippen LogP contribution is 2.20. The summed E-state index contributed by atoms with van der Waals surface area (Å²) in [6.45, 7) is 1.38. The Morgan fingerprint density at radius 1 is 1.18 bits per heavy atom. The van der Waals surface area contributed by atoms with Crippen LogP contribution in [0, 0.1) is 11.3 Å². The molecule has 1 atom stereocenters.